The summed E-state index contributed by atoms with van der Waals surface area (Å²) in [6.45, 7) is 0.578. The van der Waals surface area contributed by atoms with Crippen LogP contribution in [0.4, 0.5) is 5.69 Å². The van der Waals surface area contributed by atoms with Crippen molar-refractivity contribution in [3.8, 4) is 17.6 Å². The molecule has 0 aliphatic carbocycles. The van der Waals surface area contributed by atoms with Gasteiger partial charge in [-0.3, -0.25) is 4.98 Å². The highest BCUT2D eigenvalue weighted by atomic mass is 16.5. The lowest BCUT2D eigenvalue weighted by molar-refractivity contribution is 0.391. The van der Waals surface area contributed by atoms with Gasteiger partial charge in [-0.05, 0) is 35.7 Å². The van der Waals surface area contributed by atoms with Gasteiger partial charge in [-0.15, -0.1) is 0 Å². The van der Waals surface area contributed by atoms with Crippen LogP contribution in [-0.4, -0.2) is 19.2 Å². The van der Waals surface area contributed by atoms with Crippen LogP contribution >= 0.6 is 0 Å². The Morgan fingerprint density at radius 1 is 1.12 bits per heavy atom. The number of anilines is 1. The molecule has 0 saturated heterocycles. The number of ether oxygens (including phenoxy) is 2. The fourth-order valence-corrected chi connectivity index (χ4v) is 2.59. The third kappa shape index (κ3) is 3.08. The minimum Gasteiger partial charge on any atom is -0.497 e. The number of aromatic nitrogens is 1. The van der Waals surface area contributed by atoms with Crippen molar-refractivity contribution in [3.05, 3.63) is 59.9 Å². The van der Waals surface area contributed by atoms with Crippen molar-refractivity contribution in [2.75, 3.05) is 19.5 Å². The number of methoxy groups -OCH3 is 2. The van der Waals surface area contributed by atoms with Gasteiger partial charge in [0.05, 0.1) is 25.9 Å². The van der Waals surface area contributed by atoms with Gasteiger partial charge in [0.2, 0.25) is 0 Å². The highest BCUT2D eigenvalue weighted by molar-refractivity contribution is 5.90. The lowest BCUT2D eigenvalue weighted by Gasteiger charge is -2.13. The van der Waals surface area contributed by atoms with E-state index in [1.165, 1.54) is 0 Å². The van der Waals surface area contributed by atoms with Gasteiger partial charge in [-0.25, -0.2) is 0 Å². The molecule has 0 bridgehead atoms. The van der Waals surface area contributed by atoms with Gasteiger partial charge in [0, 0.05) is 41.6 Å². The van der Waals surface area contributed by atoms with Gasteiger partial charge in [0.15, 0.2) is 0 Å². The van der Waals surface area contributed by atoms with E-state index in [2.05, 4.69) is 16.4 Å². The molecule has 0 atom stereocenters. The lowest BCUT2D eigenvalue weighted by Crippen LogP contribution is -2.02. The SMILES string of the molecule is COc1ccc(CNc2cc(C#N)c3cnccc3c2)c(OC)c1. The van der Waals surface area contributed by atoms with E-state index in [1.54, 1.807) is 26.6 Å². The molecule has 2 aromatic carbocycles. The van der Waals surface area contributed by atoms with Crippen molar-refractivity contribution in [1.82, 2.24) is 4.98 Å². The fraction of sp³-hybridized carbons (Fsp3) is 0.158. The second-order valence-corrected chi connectivity index (χ2v) is 5.26. The number of fused-ring (bicyclic) bond motifs is 1. The molecule has 3 rings (SSSR count). The maximum Gasteiger partial charge on any atom is 0.127 e. The standard InChI is InChI=1S/C19H17N3O2/c1-23-17-4-3-14(19(9-17)24-2)11-22-16-7-13-5-6-21-12-18(13)15(8-16)10-20/h3-9,12,22H,11H2,1-2H3. The Balaban J connectivity index is 1.87. The Morgan fingerprint density at radius 2 is 2.00 bits per heavy atom. The quantitative estimate of drug-likeness (QED) is 0.776. The Hall–Kier alpha value is -3.26. The van der Waals surface area contributed by atoms with Gasteiger partial charge >= 0.3 is 0 Å². The van der Waals surface area contributed by atoms with Crippen LogP contribution in [0.1, 0.15) is 11.1 Å². The Kier molecular flexibility index (Phi) is 4.48. The molecular formula is C19H17N3O2. The van der Waals surface area contributed by atoms with E-state index >= 15 is 0 Å². The first-order valence-electron chi connectivity index (χ1n) is 7.48. The van der Waals surface area contributed by atoms with Crippen molar-refractivity contribution in [1.29, 1.82) is 5.26 Å². The topological polar surface area (TPSA) is 67.2 Å². The highest BCUT2D eigenvalue weighted by Gasteiger charge is 2.07. The van der Waals surface area contributed by atoms with Gasteiger partial charge < -0.3 is 14.8 Å². The number of nitrogens with one attached hydrogen (secondary N) is 1. The monoisotopic (exact) mass is 319 g/mol. The third-order valence-corrected chi connectivity index (χ3v) is 3.85. The van der Waals surface area contributed by atoms with Crippen molar-refractivity contribution in [2.45, 2.75) is 6.54 Å². The first kappa shape index (κ1) is 15.6. The van der Waals surface area contributed by atoms with Crippen LogP contribution in [0.2, 0.25) is 0 Å². The van der Waals surface area contributed by atoms with E-state index in [9.17, 15) is 5.26 Å². The van der Waals surface area contributed by atoms with Crippen LogP contribution in [0.25, 0.3) is 10.8 Å². The predicted molar refractivity (Wildman–Crippen MR) is 93.3 cm³/mol. The van der Waals surface area contributed by atoms with E-state index < -0.39 is 0 Å². The summed E-state index contributed by atoms with van der Waals surface area (Å²) in [5, 5.41) is 14.5. The molecule has 1 heterocycles. The molecule has 0 aliphatic heterocycles. The summed E-state index contributed by atoms with van der Waals surface area (Å²) in [7, 11) is 3.26. The summed E-state index contributed by atoms with van der Waals surface area (Å²) < 4.78 is 10.6. The minimum absolute atomic E-state index is 0.578. The Morgan fingerprint density at radius 3 is 2.75 bits per heavy atom. The predicted octanol–water partition coefficient (Wildman–Crippen LogP) is 3.74. The molecule has 120 valence electrons. The second-order valence-electron chi connectivity index (χ2n) is 5.26. The summed E-state index contributed by atoms with van der Waals surface area (Å²) in [5.41, 5.74) is 2.49. The fourth-order valence-electron chi connectivity index (χ4n) is 2.59. The van der Waals surface area contributed by atoms with Crippen LogP contribution in [0.15, 0.2) is 48.8 Å². The first-order valence-corrected chi connectivity index (χ1v) is 7.48. The molecule has 0 radical (unpaired) electrons. The summed E-state index contributed by atoms with van der Waals surface area (Å²) in [5.74, 6) is 1.51. The second kappa shape index (κ2) is 6.88. The maximum atomic E-state index is 9.35. The van der Waals surface area contributed by atoms with E-state index in [0.717, 1.165) is 33.5 Å². The zero-order chi connectivity index (χ0) is 16.9. The van der Waals surface area contributed by atoms with Gasteiger partial charge in [-0.1, -0.05) is 0 Å². The molecule has 0 fully saturated rings. The molecule has 0 amide bonds. The normalized spacial score (nSPS) is 10.2. The number of hydrogen-bond acceptors (Lipinski definition) is 5. The summed E-state index contributed by atoms with van der Waals surface area (Å²) in [4.78, 5) is 4.08. The maximum absolute atomic E-state index is 9.35. The number of benzene rings is 2. The van der Waals surface area contributed by atoms with Gasteiger partial charge in [0.1, 0.15) is 11.5 Å². The molecule has 1 N–H and O–H groups in total. The number of rotatable bonds is 5. The van der Waals surface area contributed by atoms with Crippen LogP contribution in [-0.2, 0) is 6.54 Å². The largest absolute Gasteiger partial charge is 0.497 e. The minimum atomic E-state index is 0.578. The van der Waals surface area contributed by atoms with Crippen molar-refractivity contribution in [2.24, 2.45) is 0 Å². The number of hydrogen-bond donors (Lipinski definition) is 1. The molecule has 0 aliphatic rings. The highest BCUT2D eigenvalue weighted by Crippen LogP contribution is 2.27. The van der Waals surface area contributed by atoms with E-state index in [1.807, 2.05) is 36.4 Å². The molecular weight excluding hydrogens is 302 g/mol. The molecule has 24 heavy (non-hydrogen) atoms. The zero-order valence-electron chi connectivity index (χ0n) is 13.5. The number of nitriles is 1. The van der Waals surface area contributed by atoms with Crippen molar-refractivity contribution in [3.63, 3.8) is 0 Å². The average molecular weight is 319 g/mol. The Bertz CT molecular complexity index is 916. The zero-order valence-corrected chi connectivity index (χ0v) is 13.5. The molecule has 3 aromatic rings. The molecule has 0 unspecified atom stereocenters. The summed E-state index contributed by atoms with van der Waals surface area (Å²) >= 11 is 0. The molecule has 5 heteroatoms. The lowest BCUT2D eigenvalue weighted by atomic mass is 10.1. The average Bonchev–Trinajstić information content (AvgIpc) is 2.65. The number of nitrogens with zero attached hydrogens (tertiary/aromatic N) is 2. The molecule has 0 saturated carbocycles. The smallest absolute Gasteiger partial charge is 0.127 e. The van der Waals surface area contributed by atoms with Crippen molar-refractivity contribution < 1.29 is 9.47 Å². The number of pyridine rings is 1. The summed E-state index contributed by atoms with van der Waals surface area (Å²) in [6, 6.07) is 13.7. The van der Waals surface area contributed by atoms with E-state index in [-0.39, 0.29) is 0 Å². The first-order chi connectivity index (χ1) is 11.7. The van der Waals surface area contributed by atoms with Crippen LogP contribution in [0.5, 0.6) is 11.5 Å². The van der Waals surface area contributed by atoms with E-state index in [4.69, 9.17) is 9.47 Å². The van der Waals surface area contributed by atoms with Gasteiger partial charge in [0.25, 0.3) is 0 Å². The third-order valence-electron chi connectivity index (χ3n) is 3.85. The van der Waals surface area contributed by atoms with Crippen LogP contribution in [0, 0.1) is 11.3 Å². The molecule has 5 nitrogen and oxygen atoms in total. The van der Waals surface area contributed by atoms with Gasteiger partial charge in [-0.2, -0.15) is 5.26 Å². The summed E-state index contributed by atoms with van der Waals surface area (Å²) in [6.07, 6.45) is 3.43. The van der Waals surface area contributed by atoms with E-state index in [0.29, 0.717) is 12.1 Å². The van der Waals surface area contributed by atoms with Crippen LogP contribution < -0.4 is 14.8 Å². The van der Waals surface area contributed by atoms with Crippen molar-refractivity contribution >= 4 is 16.5 Å². The molecule has 1 aromatic heterocycles. The van der Waals surface area contributed by atoms with Crippen LogP contribution in [0.3, 0.4) is 0 Å². The molecule has 0 spiro atoms. The Labute approximate surface area is 140 Å².